The van der Waals surface area contributed by atoms with E-state index in [1.807, 2.05) is 20.8 Å². The zero-order valence-electron chi connectivity index (χ0n) is 14.5. The lowest BCUT2D eigenvalue weighted by Gasteiger charge is -2.37. The van der Waals surface area contributed by atoms with Crippen LogP contribution in [0.4, 0.5) is 0 Å². The van der Waals surface area contributed by atoms with Gasteiger partial charge in [0.15, 0.2) is 26.4 Å². The Hall–Kier alpha value is 0.708. The third kappa shape index (κ3) is 12.2. The van der Waals surface area contributed by atoms with Gasteiger partial charge in [-0.2, -0.15) is 0 Å². The van der Waals surface area contributed by atoms with Crippen molar-refractivity contribution in [1.82, 2.24) is 0 Å². The molecule has 8 heteroatoms. The van der Waals surface area contributed by atoms with Crippen molar-refractivity contribution in [3.63, 3.8) is 0 Å². The molecule has 19 heavy (non-hydrogen) atoms. The van der Waals surface area contributed by atoms with Crippen LogP contribution in [0.15, 0.2) is 0 Å². The summed E-state index contributed by atoms with van der Waals surface area (Å²) in [6.45, 7) is 21.5. The van der Waals surface area contributed by atoms with E-state index in [0.29, 0.717) is 6.61 Å². The van der Waals surface area contributed by atoms with Crippen LogP contribution in [0.2, 0.25) is 45.8 Å². The summed E-state index contributed by atoms with van der Waals surface area (Å²) in [6, 6.07) is 0. The van der Waals surface area contributed by atoms with Gasteiger partial charge < -0.3 is 16.8 Å². The molecular formula is C11H34O4Si4. The summed E-state index contributed by atoms with van der Waals surface area (Å²) < 4.78 is 24.0. The SMILES string of the molecule is CC.CCO[Si](O[SiH2]C)(O[Si](C)(C)C)O[Si](C)(C)C. The van der Waals surface area contributed by atoms with Crippen LogP contribution in [0.5, 0.6) is 0 Å². The lowest BCUT2D eigenvalue weighted by atomic mass is 10.9. The number of hydrogen-bond acceptors (Lipinski definition) is 4. The van der Waals surface area contributed by atoms with Crippen LogP contribution in [0.3, 0.4) is 0 Å². The molecule has 0 N–H and O–H groups in total. The lowest BCUT2D eigenvalue weighted by molar-refractivity contribution is 0.0942. The summed E-state index contributed by atoms with van der Waals surface area (Å²) in [7, 11) is -6.97. The van der Waals surface area contributed by atoms with Gasteiger partial charge in [-0.15, -0.1) is 0 Å². The van der Waals surface area contributed by atoms with Gasteiger partial charge in [0.2, 0.25) is 0 Å². The molecule has 0 rings (SSSR count). The van der Waals surface area contributed by atoms with Crippen LogP contribution in [-0.2, 0) is 16.8 Å². The Labute approximate surface area is 125 Å². The van der Waals surface area contributed by atoms with Gasteiger partial charge in [-0.05, 0) is 46.2 Å². The van der Waals surface area contributed by atoms with E-state index in [2.05, 4.69) is 45.8 Å². The second-order valence-corrected chi connectivity index (χ2v) is 18.9. The summed E-state index contributed by atoms with van der Waals surface area (Å²) in [5.41, 5.74) is 0. The van der Waals surface area contributed by atoms with E-state index in [1.165, 1.54) is 0 Å². The Morgan fingerprint density at radius 2 is 1.21 bits per heavy atom. The molecule has 0 fully saturated rings. The topological polar surface area (TPSA) is 36.9 Å². The van der Waals surface area contributed by atoms with E-state index in [0.717, 1.165) is 0 Å². The Bertz CT molecular complexity index is 202. The zero-order chi connectivity index (χ0) is 15.7. The Morgan fingerprint density at radius 1 is 0.842 bits per heavy atom. The van der Waals surface area contributed by atoms with Crippen molar-refractivity contribution in [1.29, 1.82) is 0 Å². The fourth-order valence-corrected chi connectivity index (χ4v) is 11.9. The second kappa shape index (κ2) is 9.61. The highest BCUT2D eigenvalue weighted by Gasteiger charge is 2.50. The Balaban J connectivity index is 0. The predicted molar refractivity (Wildman–Crippen MR) is 93.1 cm³/mol. The summed E-state index contributed by atoms with van der Waals surface area (Å²) in [6.07, 6.45) is 0. The molecule has 0 radical (unpaired) electrons. The van der Waals surface area contributed by atoms with E-state index >= 15 is 0 Å². The van der Waals surface area contributed by atoms with Gasteiger partial charge in [0.05, 0.1) is 0 Å². The van der Waals surface area contributed by atoms with E-state index in [1.54, 1.807) is 0 Å². The van der Waals surface area contributed by atoms with E-state index in [9.17, 15) is 0 Å². The minimum absolute atomic E-state index is 0.579. The largest absolute Gasteiger partial charge is 0.647 e. The van der Waals surface area contributed by atoms with Gasteiger partial charge in [-0.3, -0.25) is 0 Å². The van der Waals surface area contributed by atoms with Gasteiger partial charge in [0, 0.05) is 6.61 Å². The van der Waals surface area contributed by atoms with Crippen molar-refractivity contribution in [3.05, 3.63) is 0 Å². The molecule has 0 atom stereocenters. The Kier molecular flexibility index (Phi) is 11.1. The third-order valence-electron chi connectivity index (χ3n) is 1.50. The molecule has 0 saturated carbocycles. The molecule has 0 spiro atoms. The highest BCUT2D eigenvalue weighted by molar-refractivity contribution is 6.84. The number of hydrogen-bond donors (Lipinski definition) is 0. The zero-order valence-corrected chi connectivity index (χ0v) is 19.0. The van der Waals surface area contributed by atoms with E-state index in [-0.39, 0.29) is 0 Å². The van der Waals surface area contributed by atoms with Crippen LogP contribution in [-0.4, -0.2) is 42.1 Å². The van der Waals surface area contributed by atoms with Crippen LogP contribution < -0.4 is 0 Å². The van der Waals surface area contributed by atoms with Gasteiger partial charge in [-0.1, -0.05) is 20.4 Å². The highest BCUT2D eigenvalue weighted by Crippen LogP contribution is 2.22. The Morgan fingerprint density at radius 3 is 1.42 bits per heavy atom. The molecular weight excluding hydrogens is 308 g/mol. The standard InChI is InChI=1S/C9H28O4Si4.C2H6/c1-9-10-17(11-14-2,12-15(3,4)5)13-16(6,7)8;1-2/h9,14H2,1-8H3;1-2H3. The first-order valence-corrected chi connectivity index (χ1v) is 17.7. The van der Waals surface area contributed by atoms with Crippen LogP contribution >= 0.6 is 0 Å². The van der Waals surface area contributed by atoms with Gasteiger partial charge in [-0.25, -0.2) is 0 Å². The van der Waals surface area contributed by atoms with E-state index < -0.39 is 35.4 Å². The first-order valence-electron chi connectivity index (χ1n) is 7.22. The van der Waals surface area contributed by atoms with E-state index in [4.69, 9.17) is 16.8 Å². The molecule has 0 saturated heterocycles. The maximum Gasteiger partial charge on any atom is 0.647 e. The van der Waals surface area contributed by atoms with Crippen molar-refractivity contribution in [2.45, 2.75) is 66.6 Å². The van der Waals surface area contributed by atoms with Crippen molar-refractivity contribution in [2.75, 3.05) is 6.61 Å². The van der Waals surface area contributed by atoms with Gasteiger partial charge in [0.1, 0.15) is 0 Å². The lowest BCUT2D eigenvalue weighted by Crippen LogP contribution is -2.59. The monoisotopic (exact) mass is 342 g/mol. The van der Waals surface area contributed by atoms with Gasteiger partial charge >= 0.3 is 9.05 Å². The minimum atomic E-state index is -2.88. The highest BCUT2D eigenvalue weighted by atomic mass is 28.5. The molecule has 0 aromatic heterocycles. The summed E-state index contributed by atoms with van der Waals surface area (Å²) in [5, 5.41) is 0. The molecule has 0 bridgehead atoms. The van der Waals surface area contributed by atoms with Crippen LogP contribution in [0.25, 0.3) is 0 Å². The summed E-state index contributed by atoms with van der Waals surface area (Å²) in [5.74, 6) is 0. The fraction of sp³-hybridized carbons (Fsp3) is 1.00. The average Bonchev–Trinajstić information content (AvgIpc) is 2.15. The first kappa shape index (κ1) is 22.0. The maximum absolute atomic E-state index is 6.16. The maximum atomic E-state index is 6.16. The number of rotatable bonds is 8. The molecule has 0 aliphatic rings. The first-order chi connectivity index (χ1) is 8.54. The van der Waals surface area contributed by atoms with Crippen LogP contribution in [0, 0.1) is 0 Å². The van der Waals surface area contributed by atoms with Crippen molar-refractivity contribution in [3.8, 4) is 0 Å². The smallest absolute Gasteiger partial charge is 0.401 e. The van der Waals surface area contributed by atoms with Crippen molar-refractivity contribution < 1.29 is 16.8 Å². The molecule has 0 aliphatic heterocycles. The molecule has 0 heterocycles. The molecule has 0 aromatic carbocycles. The average molecular weight is 343 g/mol. The molecule has 0 aliphatic carbocycles. The summed E-state index contributed by atoms with van der Waals surface area (Å²) in [4.78, 5) is 0. The quantitative estimate of drug-likeness (QED) is 0.634. The van der Waals surface area contributed by atoms with Gasteiger partial charge in [0.25, 0.3) is 0 Å². The normalized spacial score (nSPS) is 13.6. The summed E-state index contributed by atoms with van der Waals surface area (Å²) >= 11 is 0. The molecule has 4 nitrogen and oxygen atoms in total. The predicted octanol–water partition coefficient (Wildman–Crippen LogP) is 3.34. The van der Waals surface area contributed by atoms with Crippen molar-refractivity contribution in [2.24, 2.45) is 0 Å². The molecule has 0 aromatic rings. The molecule has 0 unspecified atom stereocenters. The molecule has 0 amide bonds. The van der Waals surface area contributed by atoms with Crippen LogP contribution in [0.1, 0.15) is 20.8 Å². The fourth-order valence-electron chi connectivity index (χ4n) is 1.28. The second-order valence-electron chi connectivity index (χ2n) is 5.79. The third-order valence-corrected chi connectivity index (χ3v) is 11.6. The molecule has 118 valence electrons. The van der Waals surface area contributed by atoms with Crippen molar-refractivity contribution >= 4 is 35.4 Å². The minimum Gasteiger partial charge on any atom is -0.401 e.